The number of benzene rings is 1. The molecule has 0 aliphatic carbocycles. The Balaban J connectivity index is 2.21. The third-order valence-electron chi connectivity index (χ3n) is 2.76. The van der Waals surface area contributed by atoms with E-state index in [1.807, 2.05) is 35.7 Å². The molecule has 5 heteroatoms. The van der Waals surface area contributed by atoms with Crippen LogP contribution in [0.15, 0.2) is 35.7 Å². The number of para-hydroxylation sites is 1. The van der Waals surface area contributed by atoms with Gasteiger partial charge in [0.15, 0.2) is 0 Å². The molecule has 2 aromatic rings. The summed E-state index contributed by atoms with van der Waals surface area (Å²) in [5.41, 5.74) is 7.74. The number of nitrogens with one attached hydrogen (secondary N) is 1. The van der Waals surface area contributed by atoms with E-state index in [4.69, 9.17) is 10.5 Å². The predicted octanol–water partition coefficient (Wildman–Crippen LogP) is 2.46. The summed E-state index contributed by atoms with van der Waals surface area (Å²) in [6.45, 7) is 0.717. The molecule has 0 bridgehead atoms. The Labute approximate surface area is 127 Å². The van der Waals surface area contributed by atoms with Gasteiger partial charge in [0.05, 0.1) is 13.2 Å². The van der Waals surface area contributed by atoms with Gasteiger partial charge in [0.25, 0.3) is 5.91 Å². The molecule has 0 saturated carbocycles. The van der Waals surface area contributed by atoms with Crippen LogP contribution < -0.4 is 11.1 Å². The lowest BCUT2D eigenvalue weighted by Gasteiger charge is -2.09. The summed E-state index contributed by atoms with van der Waals surface area (Å²) in [6, 6.07) is 9.38. The van der Waals surface area contributed by atoms with Gasteiger partial charge in [-0.1, -0.05) is 30.0 Å². The third kappa shape index (κ3) is 3.92. The molecule has 0 spiro atoms. The van der Waals surface area contributed by atoms with Crippen molar-refractivity contribution in [3.05, 3.63) is 51.7 Å². The zero-order chi connectivity index (χ0) is 15.1. The number of amides is 1. The lowest BCUT2D eigenvalue weighted by Crippen LogP contribution is -2.13. The largest absolute Gasteiger partial charge is 0.380 e. The van der Waals surface area contributed by atoms with Crippen LogP contribution in [0.3, 0.4) is 0 Å². The molecular weight excluding hydrogens is 284 g/mol. The third-order valence-corrected chi connectivity index (χ3v) is 3.68. The first-order valence-corrected chi connectivity index (χ1v) is 7.29. The first-order chi connectivity index (χ1) is 10.3. The molecule has 1 amide bonds. The summed E-state index contributed by atoms with van der Waals surface area (Å²) in [5.74, 6) is 5.50. The fourth-order valence-electron chi connectivity index (χ4n) is 1.83. The van der Waals surface area contributed by atoms with Gasteiger partial charge >= 0.3 is 0 Å². The average Bonchev–Trinajstić information content (AvgIpc) is 2.96. The highest BCUT2D eigenvalue weighted by molar-refractivity contribution is 7.12. The number of nitrogens with two attached hydrogens (primary N) is 1. The Bertz CT molecular complexity index is 683. The first-order valence-electron chi connectivity index (χ1n) is 6.41. The highest BCUT2D eigenvalue weighted by atomic mass is 32.1. The van der Waals surface area contributed by atoms with E-state index in [0.29, 0.717) is 17.0 Å². The number of ether oxygens (including phenoxy) is 1. The Morgan fingerprint density at radius 2 is 2.19 bits per heavy atom. The van der Waals surface area contributed by atoms with E-state index in [2.05, 4.69) is 17.2 Å². The summed E-state index contributed by atoms with van der Waals surface area (Å²) in [7, 11) is 1.62. The standard InChI is InChI=1S/C16H16N2O2S/c1-20-11-13-5-2-3-7-14(13)18-16(19)15-12(6-4-9-17)8-10-21-15/h2-3,5,7-8,10H,9,11,17H2,1H3,(H,18,19). The van der Waals surface area contributed by atoms with Crippen LogP contribution in [-0.4, -0.2) is 19.6 Å². The van der Waals surface area contributed by atoms with Gasteiger partial charge in [0, 0.05) is 23.9 Å². The van der Waals surface area contributed by atoms with Gasteiger partial charge in [-0.2, -0.15) is 0 Å². The molecule has 4 nitrogen and oxygen atoms in total. The topological polar surface area (TPSA) is 64.3 Å². The Kier molecular flexibility index (Phi) is 5.52. The number of hydrogen-bond donors (Lipinski definition) is 2. The molecule has 3 N–H and O–H groups in total. The Morgan fingerprint density at radius 3 is 2.95 bits per heavy atom. The smallest absolute Gasteiger partial charge is 0.267 e. The summed E-state index contributed by atoms with van der Waals surface area (Å²) in [5, 5.41) is 4.75. The van der Waals surface area contributed by atoms with E-state index in [-0.39, 0.29) is 12.5 Å². The molecule has 2 rings (SSSR count). The van der Waals surface area contributed by atoms with E-state index >= 15 is 0 Å². The fraction of sp³-hybridized carbons (Fsp3) is 0.188. The minimum atomic E-state index is -0.171. The lowest BCUT2D eigenvalue weighted by atomic mass is 10.2. The van der Waals surface area contributed by atoms with Crippen LogP contribution in [0.2, 0.25) is 0 Å². The highest BCUT2D eigenvalue weighted by Gasteiger charge is 2.13. The summed E-state index contributed by atoms with van der Waals surface area (Å²) in [6.07, 6.45) is 0. The van der Waals surface area contributed by atoms with Crippen molar-refractivity contribution in [1.82, 2.24) is 0 Å². The van der Waals surface area contributed by atoms with Gasteiger partial charge in [-0.05, 0) is 17.5 Å². The normalized spacial score (nSPS) is 9.81. The molecule has 0 atom stereocenters. The molecular formula is C16H16N2O2S. The van der Waals surface area contributed by atoms with Gasteiger partial charge in [0.2, 0.25) is 0 Å². The van der Waals surface area contributed by atoms with Crippen LogP contribution in [0.25, 0.3) is 0 Å². The van der Waals surface area contributed by atoms with E-state index in [1.165, 1.54) is 11.3 Å². The zero-order valence-corrected chi connectivity index (χ0v) is 12.5. The van der Waals surface area contributed by atoms with E-state index < -0.39 is 0 Å². The van der Waals surface area contributed by atoms with E-state index in [9.17, 15) is 4.79 Å². The average molecular weight is 300 g/mol. The van der Waals surface area contributed by atoms with Gasteiger partial charge < -0.3 is 15.8 Å². The predicted molar refractivity (Wildman–Crippen MR) is 85.4 cm³/mol. The molecule has 0 radical (unpaired) electrons. The van der Waals surface area contributed by atoms with Crippen molar-refractivity contribution in [2.45, 2.75) is 6.61 Å². The zero-order valence-electron chi connectivity index (χ0n) is 11.7. The number of rotatable bonds is 4. The van der Waals surface area contributed by atoms with Crippen LogP contribution in [0.5, 0.6) is 0 Å². The summed E-state index contributed by atoms with van der Waals surface area (Å²) in [4.78, 5) is 13.0. The second-order valence-corrected chi connectivity index (χ2v) is 5.13. The van der Waals surface area contributed by atoms with Crippen molar-refractivity contribution in [3.63, 3.8) is 0 Å². The highest BCUT2D eigenvalue weighted by Crippen LogP contribution is 2.21. The second kappa shape index (κ2) is 7.60. The summed E-state index contributed by atoms with van der Waals surface area (Å²) >= 11 is 1.36. The Morgan fingerprint density at radius 1 is 1.38 bits per heavy atom. The van der Waals surface area contributed by atoms with Gasteiger partial charge in [-0.15, -0.1) is 11.3 Å². The first kappa shape index (κ1) is 15.3. The van der Waals surface area contributed by atoms with Crippen molar-refractivity contribution >= 4 is 22.9 Å². The molecule has 0 aliphatic rings. The summed E-state index contributed by atoms with van der Waals surface area (Å²) < 4.78 is 5.13. The number of thiophene rings is 1. The van der Waals surface area contributed by atoms with Crippen LogP contribution in [0, 0.1) is 11.8 Å². The molecule has 21 heavy (non-hydrogen) atoms. The van der Waals surface area contributed by atoms with Gasteiger partial charge in [-0.25, -0.2) is 0 Å². The Hall–Kier alpha value is -2.13. The molecule has 1 aromatic carbocycles. The maximum absolute atomic E-state index is 12.4. The number of methoxy groups -OCH3 is 1. The molecule has 1 heterocycles. The number of carbonyl (C=O) groups excluding carboxylic acids is 1. The second-order valence-electron chi connectivity index (χ2n) is 4.21. The maximum Gasteiger partial charge on any atom is 0.267 e. The van der Waals surface area contributed by atoms with Crippen LogP contribution in [-0.2, 0) is 11.3 Å². The quantitative estimate of drug-likeness (QED) is 0.853. The monoisotopic (exact) mass is 300 g/mol. The molecule has 0 unspecified atom stereocenters. The van der Waals surface area contributed by atoms with E-state index in [0.717, 1.165) is 11.3 Å². The minimum Gasteiger partial charge on any atom is -0.380 e. The SMILES string of the molecule is COCc1ccccc1NC(=O)c1sccc1C#CCN. The molecule has 0 fully saturated rings. The van der Waals surface area contributed by atoms with Crippen LogP contribution >= 0.6 is 11.3 Å². The van der Waals surface area contributed by atoms with Crippen molar-refractivity contribution in [2.75, 3.05) is 19.0 Å². The van der Waals surface area contributed by atoms with Crippen molar-refractivity contribution in [1.29, 1.82) is 0 Å². The van der Waals surface area contributed by atoms with Gasteiger partial charge in [-0.3, -0.25) is 4.79 Å². The van der Waals surface area contributed by atoms with E-state index in [1.54, 1.807) is 7.11 Å². The number of hydrogen-bond acceptors (Lipinski definition) is 4. The molecule has 0 saturated heterocycles. The lowest BCUT2D eigenvalue weighted by molar-refractivity contribution is 0.103. The van der Waals surface area contributed by atoms with Crippen LogP contribution in [0.1, 0.15) is 20.8 Å². The fourth-order valence-corrected chi connectivity index (χ4v) is 2.58. The van der Waals surface area contributed by atoms with Crippen molar-refractivity contribution in [3.8, 4) is 11.8 Å². The van der Waals surface area contributed by atoms with Crippen molar-refractivity contribution < 1.29 is 9.53 Å². The molecule has 108 valence electrons. The van der Waals surface area contributed by atoms with Gasteiger partial charge in [0.1, 0.15) is 4.88 Å². The molecule has 0 aliphatic heterocycles. The molecule has 1 aromatic heterocycles. The van der Waals surface area contributed by atoms with Crippen LogP contribution in [0.4, 0.5) is 5.69 Å². The minimum absolute atomic E-state index is 0.171. The van der Waals surface area contributed by atoms with Crippen molar-refractivity contribution in [2.24, 2.45) is 5.73 Å². The number of anilines is 1. The number of carbonyl (C=O) groups is 1. The maximum atomic E-state index is 12.4.